The van der Waals surface area contributed by atoms with Crippen molar-refractivity contribution in [3.8, 4) is 11.8 Å². The summed E-state index contributed by atoms with van der Waals surface area (Å²) in [6.07, 6.45) is -2.70. The fourth-order valence-electron chi connectivity index (χ4n) is 3.47. The van der Waals surface area contributed by atoms with Crippen LogP contribution in [0.25, 0.3) is 0 Å². The second-order valence-electron chi connectivity index (χ2n) is 7.37. The van der Waals surface area contributed by atoms with Crippen LogP contribution in [0.1, 0.15) is 18.4 Å². The number of rotatable bonds is 7. The second-order valence-corrected chi connectivity index (χ2v) is 9.14. The zero-order chi connectivity index (χ0) is 24.8. The lowest BCUT2D eigenvalue weighted by Crippen LogP contribution is -2.37. The quantitative estimate of drug-likeness (QED) is 0.624. The Labute approximate surface area is 194 Å². The number of anilines is 1. The molecule has 1 aromatic carbocycles. The van der Waals surface area contributed by atoms with Crippen molar-refractivity contribution in [1.29, 1.82) is 5.26 Å². The minimum atomic E-state index is -4.88. The molecule has 2 heterocycles. The third-order valence-electron chi connectivity index (χ3n) is 5.05. The van der Waals surface area contributed by atoms with Crippen LogP contribution < -0.4 is 14.4 Å². The Kier molecular flexibility index (Phi) is 7.95. The number of amides is 1. The van der Waals surface area contributed by atoms with Gasteiger partial charge in [-0.1, -0.05) is 0 Å². The molecule has 0 aliphatic carbocycles. The van der Waals surface area contributed by atoms with Gasteiger partial charge in [0.1, 0.15) is 17.6 Å². The predicted molar refractivity (Wildman–Crippen MR) is 115 cm³/mol. The third-order valence-corrected chi connectivity index (χ3v) is 6.53. The first-order chi connectivity index (χ1) is 16.1. The lowest BCUT2D eigenvalue weighted by Gasteiger charge is -2.23. The molecule has 0 bridgehead atoms. The van der Waals surface area contributed by atoms with Crippen LogP contribution >= 0.6 is 0 Å². The topological polar surface area (TPSA) is 116 Å². The smallest absolute Gasteiger partial charge is 0.406 e. The van der Waals surface area contributed by atoms with Crippen LogP contribution in [-0.2, 0) is 14.8 Å². The first-order valence-electron chi connectivity index (χ1n) is 10.3. The van der Waals surface area contributed by atoms with Crippen molar-refractivity contribution in [2.45, 2.75) is 24.1 Å². The number of alkyl halides is 3. The van der Waals surface area contributed by atoms with Crippen molar-refractivity contribution >= 4 is 21.7 Å². The van der Waals surface area contributed by atoms with Gasteiger partial charge in [-0.2, -0.15) is 5.26 Å². The van der Waals surface area contributed by atoms with E-state index in [0.717, 1.165) is 24.3 Å². The lowest BCUT2D eigenvalue weighted by molar-refractivity contribution is -0.274. The number of carbonyl (C=O) groups excluding carboxylic acids is 1. The van der Waals surface area contributed by atoms with Crippen LogP contribution in [0.3, 0.4) is 0 Å². The average Bonchev–Trinajstić information content (AvgIpc) is 3.04. The number of benzene rings is 1. The minimum Gasteiger partial charge on any atom is -0.406 e. The molecule has 1 aliphatic rings. The Morgan fingerprint density at radius 3 is 2.56 bits per heavy atom. The van der Waals surface area contributed by atoms with Gasteiger partial charge >= 0.3 is 6.36 Å². The molecule has 1 saturated heterocycles. The molecule has 0 spiro atoms. The number of sulfonamides is 1. The summed E-state index contributed by atoms with van der Waals surface area (Å²) in [6, 6.07) is 9.24. The summed E-state index contributed by atoms with van der Waals surface area (Å²) >= 11 is 0. The summed E-state index contributed by atoms with van der Waals surface area (Å²) in [5, 5.41) is 9.27. The molecule has 1 amide bonds. The molecule has 3 rings (SSSR count). The Morgan fingerprint density at radius 2 is 1.88 bits per heavy atom. The molecule has 13 heteroatoms. The number of hydrogen-bond donors (Lipinski definition) is 1. The van der Waals surface area contributed by atoms with Gasteiger partial charge in [-0.15, -0.1) is 13.2 Å². The van der Waals surface area contributed by atoms with Gasteiger partial charge in [-0.25, -0.2) is 18.1 Å². The molecule has 34 heavy (non-hydrogen) atoms. The summed E-state index contributed by atoms with van der Waals surface area (Å²) in [5.41, 5.74) is 0.453. The highest BCUT2D eigenvalue weighted by molar-refractivity contribution is 7.89. The molecule has 1 aromatic heterocycles. The summed E-state index contributed by atoms with van der Waals surface area (Å²) in [5.74, 6) is -0.205. The van der Waals surface area contributed by atoms with Crippen molar-refractivity contribution < 1.29 is 31.1 Å². The fourth-order valence-corrected chi connectivity index (χ4v) is 4.50. The Hall–Kier alpha value is -3.37. The molecule has 1 aliphatic heterocycles. The van der Waals surface area contributed by atoms with Gasteiger partial charge in [0, 0.05) is 45.3 Å². The van der Waals surface area contributed by atoms with E-state index in [1.807, 2.05) is 4.90 Å². The number of nitrogens with one attached hydrogen (secondary N) is 1. The van der Waals surface area contributed by atoms with Crippen LogP contribution in [0.5, 0.6) is 5.75 Å². The minimum absolute atomic E-state index is 0.0818. The van der Waals surface area contributed by atoms with E-state index in [4.69, 9.17) is 0 Å². The second kappa shape index (κ2) is 10.7. The fraction of sp³-hybridized carbons (Fsp3) is 0.381. The van der Waals surface area contributed by atoms with Gasteiger partial charge < -0.3 is 14.5 Å². The average molecular weight is 497 g/mol. The number of nitrogens with zero attached hydrogens (tertiary/aromatic N) is 4. The number of ether oxygens (including phenoxy) is 1. The van der Waals surface area contributed by atoms with Crippen LogP contribution in [0, 0.1) is 11.3 Å². The van der Waals surface area contributed by atoms with Gasteiger partial charge in [-0.3, -0.25) is 4.79 Å². The maximum Gasteiger partial charge on any atom is 0.573 e. The standard InChI is InChI=1S/C21H22F3N5O4S/c22-21(23,24)33-17-4-6-18(7-5-17)34(31,32)27-10-8-19(30)28-11-2-12-29(14-13-28)20-16(15-25)3-1-9-26-20/h1,3-7,9,27H,2,8,10-14H2. The Morgan fingerprint density at radius 1 is 1.15 bits per heavy atom. The third kappa shape index (κ3) is 6.82. The monoisotopic (exact) mass is 497 g/mol. The molecule has 9 nitrogen and oxygen atoms in total. The Bertz CT molecular complexity index is 1150. The lowest BCUT2D eigenvalue weighted by atomic mass is 10.2. The van der Waals surface area contributed by atoms with E-state index in [1.165, 1.54) is 0 Å². The number of hydrogen-bond acceptors (Lipinski definition) is 7. The molecular weight excluding hydrogens is 475 g/mol. The van der Waals surface area contributed by atoms with Gasteiger partial charge in [-0.05, 0) is 42.8 Å². The van der Waals surface area contributed by atoms with Crippen molar-refractivity contribution in [1.82, 2.24) is 14.6 Å². The molecule has 0 unspecified atom stereocenters. The van der Waals surface area contributed by atoms with E-state index >= 15 is 0 Å². The Balaban J connectivity index is 1.51. The maximum absolute atomic E-state index is 12.6. The van der Waals surface area contributed by atoms with Crippen LogP contribution in [0.4, 0.5) is 19.0 Å². The zero-order valence-corrected chi connectivity index (χ0v) is 18.8. The summed E-state index contributed by atoms with van der Waals surface area (Å²) < 4.78 is 67.4. The highest BCUT2D eigenvalue weighted by Gasteiger charge is 2.31. The van der Waals surface area contributed by atoms with Crippen LogP contribution in [-0.4, -0.2) is 63.3 Å². The summed E-state index contributed by atoms with van der Waals surface area (Å²) in [6.45, 7) is 1.82. The van der Waals surface area contributed by atoms with E-state index in [2.05, 4.69) is 20.5 Å². The summed E-state index contributed by atoms with van der Waals surface area (Å²) in [7, 11) is -4.01. The molecule has 0 saturated carbocycles. The largest absolute Gasteiger partial charge is 0.573 e. The molecule has 0 atom stereocenters. The van der Waals surface area contributed by atoms with E-state index in [1.54, 1.807) is 23.2 Å². The van der Waals surface area contributed by atoms with Gasteiger partial charge in [0.25, 0.3) is 0 Å². The maximum atomic E-state index is 12.6. The molecule has 182 valence electrons. The number of carbonyl (C=O) groups is 1. The van der Waals surface area contributed by atoms with E-state index in [0.29, 0.717) is 44.0 Å². The molecular formula is C21H22F3N5O4S. The highest BCUT2D eigenvalue weighted by Crippen LogP contribution is 2.24. The van der Waals surface area contributed by atoms with E-state index in [9.17, 15) is 31.6 Å². The van der Waals surface area contributed by atoms with Crippen molar-refractivity contribution in [3.05, 3.63) is 48.2 Å². The van der Waals surface area contributed by atoms with E-state index < -0.39 is 22.1 Å². The number of halogens is 3. The summed E-state index contributed by atoms with van der Waals surface area (Å²) in [4.78, 5) is 20.2. The van der Waals surface area contributed by atoms with Crippen molar-refractivity contribution in [2.75, 3.05) is 37.6 Å². The zero-order valence-electron chi connectivity index (χ0n) is 18.0. The molecule has 2 aromatic rings. The van der Waals surface area contributed by atoms with Crippen LogP contribution in [0.15, 0.2) is 47.5 Å². The molecule has 1 N–H and O–H groups in total. The normalized spacial score (nSPS) is 14.9. The first-order valence-corrected chi connectivity index (χ1v) is 11.8. The molecule has 0 radical (unpaired) electrons. The van der Waals surface area contributed by atoms with Gasteiger partial charge in [0.05, 0.1) is 10.5 Å². The number of nitriles is 1. The van der Waals surface area contributed by atoms with Gasteiger partial charge in [0.15, 0.2) is 0 Å². The van der Waals surface area contributed by atoms with Gasteiger partial charge in [0.2, 0.25) is 15.9 Å². The number of aromatic nitrogens is 1. The highest BCUT2D eigenvalue weighted by atomic mass is 32.2. The SMILES string of the molecule is N#Cc1cccnc1N1CCCN(C(=O)CCNS(=O)(=O)c2ccc(OC(F)(F)F)cc2)CC1. The van der Waals surface area contributed by atoms with Crippen molar-refractivity contribution in [3.63, 3.8) is 0 Å². The number of pyridine rings is 1. The van der Waals surface area contributed by atoms with Crippen LogP contribution in [0.2, 0.25) is 0 Å². The van der Waals surface area contributed by atoms with E-state index in [-0.39, 0.29) is 23.8 Å². The van der Waals surface area contributed by atoms with Crippen molar-refractivity contribution in [2.24, 2.45) is 0 Å². The predicted octanol–water partition coefficient (Wildman–Crippen LogP) is 2.26. The first kappa shape index (κ1) is 25.3. The molecule has 1 fully saturated rings.